The van der Waals surface area contributed by atoms with E-state index in [0.29, 0.717) is 19.6 Å². The number of rotatable bonds is 6. The number of hydrogen-bond donors (Lipinski definition) is 2. The third kappa shape index (κ3) is 6.36. The molecule has 0 bridgehead atoms. The highest BCUT2D eigenvalue weighted by Crippen LogP contribution is 2.17. The summed E-state index contributed by atoms with van der Waals surface area (Å²) in [6, 6.07) is 8.34. The second-order valence-electron chi connectivity index (χ2n) is 6.73. The van der Waals surface area contributed by atoms with E-state index in [4.69, 9.17) is 5.73 Å². The first-order chi connectivity index (χ1) is 12.0. The summed E-state index contributed by atoms with van der Waals surface area (Å²) in [7, 11) is 0. The van der Waals surface area contributed by atoms with Crippen LogP contribution in [-0.2, 0) is 15.3 Å². The molecule has 0 radical (unpaired) electrons. The largest absolute Gasteiger partial charge is 0.355 e. The third-order valence-corrected chi connectivity index (χ3v) is 5.67. The summed E-state index contributed by atoms with van der Waals surface area (Å²) in [5, 5.41) is 3.02. The summed E-state index contributed by atoms with van der Waals surface area (Å²) < 4.78 is 0. The molecule has 6 heteroatoms. The van der Waals surface area contributed by atoms with Gasteiger partial charge in [-0.25, -0.2) is 0 Å². The molecule has 138 valence electrons. The first-order valence-corrected chi connectivity index (χ1v) is 10.0. The van der Waals surface area contributed by atoms with Crippen LogP contribution in [-0.4, -0.2) is 48.1 Å². The molecule has 2 rings (SSSR count). The van der Waals surface area contributed by atoms with Crippen LogP contribution >= 0.6 is 11.8 Å². The van der Waals surface area contributed by atoms with Crippen molar-refractivity contribution in [2.75, 3.05) is 25.4 Å². The first-order valence-electron chi connectivity index (χ1n) is 8.88. The van der Waals surface area contributed by atoms with Crippen LogP contribution in [0, 0.1) is 12.8 Å². The number of carbonyl (C=O) groups excluding carboxylic acids is 2. The Balaban J connectivity index is 1.72. The van der Waals surface area contributed by atoms with Crippen LogP contribution in [0.4, 0.5) is 0 Å². The maximum Gasteiger partial charge on any atom is 0.224 e. The van der Waals surface area contributed by atoms with E-state index in [-0.39, 0.29) is 23.8 Å². The third-order valence-electron chi connectivity index (χ3n) is 4.66. The summed E-state index contributed by atoms with van der Waals surface area (Å²) in [4.78, 5) is 25.8. The lowest BCUT2D eigenvalue weighted by Gasteiger charge is -2.23. The number of carbonyl (C=O) groups is 2. The van der Waals surface area contributed by atoms with Gasteiger partial charge in [0.25, 0.3) is 0 Å². The molecule has 0 aliphatic carbocycles. The molecular weight excluding hydrogens is 334 g/mol. The molecule has 0 spiro atoms. The summed E-state index contributed by atoms with van der Waals surface area (Å²) in [5.41, 5.74) is 8.65. The lowest BCUT2D eigenvalue weighted by Crippen LogP contribution is -2.42. The second-order valence-corrected chi connectivity index (χ2v) is 7.83. The normalized spacial score (nSPS) is 20.8. The van der Waals surface area contributed by atoms with Gasteiger partial charge in [0.05, 0.1) is 5.92 Å². The zero-order valence-corrected chi connectivity index (χ0v) is 16.0. The first kappa shape index (κ1) is 19.8. The van der Waals surface area contributed by atoms with E-state index in [1.807, 2.05) is 17.8 Å². The molecule has 1 heterocycles. The minimum Gasteiger partial charge on any atom is -0.355 e. The number of likely N-dealkylation sites (tertiary alicyclic amines) is 1. The molecule has 1 aromatic carbocycles. The van der Waals surface area contributed by atoms with Gasteiger partial charge in [-0.1, -0.05) is 24.3 Å². The average Bonchev–Trinajstić information content (AvgIpc) is 2.78. The summed E-state index contributed by atoms with van der Waals surface area (Å²) in [6.07, 6.45) is 1.52. The Morgan fingerprint density at radius 3 is 2.76 bits per heavy atom. The van der Waals surface area contributed by atoms with Gasteiger partial charge in [0.1, 0.15) is 0 Å². The Hall–Kier alpha value is -1.53. The second kappa shape index (κ2) is 9.82. The Morgan fingerprint density at radius 1 is 1.28 bits per heavy atom. The molecule has 2 atom stereocenters. The van der Waals surface area contributed by atoms with E-state index in [2.05, 4.69) is 30.4 Å². The fourth-order valence-electron chi connectivity index (χ4n) is 3.04. The van der Waals surface area contributed by atoms with Crippen molar-refractivity contribution in [3.63, 3.8) is 0 Å². The van der Waals surface area contributed by atoms with Gasteiger partial charge < -0.3 is 16.0 Å². The van der Waals surface area contributed by atoms with E-state index in [9.17, 15) is 9.59 Å². The quantitative estimate of drug-likeness (QED) is 0.757. The number of aryl methyl sites for hydroxylation is 1. The molecule has 1 fully saturated rings. The Bertz CT molecular complexity index is 594. The molecule has 2 amide bonds. The van der Waals surface area contributed by atoms with Crippen LogP contribution in [0.3, 0.4) is 0 Å². The number of nitrogens with one attached hydrogen (secondary N) is 1. The maximum absolute atomic E-state index is 12.4. The van der Waals surface area contributed by atoms with Crippen LogP contribution in [0.2, 0.25) is 0 Å². The van der Waals surface area contributed by atoms with Gasteiger partial charge in [-0.3, -0.25) is 9.59 Å². The van der Waals surface area contributed by atoms with Gasteiger partial charge >= 0.3 is 0 Å². The summed E-state index contributed by atoms with van der Waals surface area (Å²) >= 11 is 1.82. The molecule has 0 saturated carbocycles. The lowest BCUT2D eigenvalue weighted by molar-refractivity contribution is -0.131. The van der Waals surface area contributed by atoms with Gasteiger partial charge in [0.2, 0.25) is 11.8 Å². The fraction of sp³-hybridized carbons (Fsp3) is 0.579. The predicted molar refractivity (Wildman–Crippen MR) is 103 cm³/mol. The number of benzene rings is 1. The molecule has 3 N–H and O–H groups in total. The topological polar surface area (TPSA) is 75.4 Å². The molecule has 1 saturated heterocycles. The molecule has 25 heavy (non-hydrogen) atoms. The minimum atomic E-state index is -0.154. The maximum atomic E-state index is 12.4. The molecule has 1 aliphatic heterocycles. The Labute approximate surface area is 154 Å². The highest BCUT2D eigenvalue weighted by Gasteiger charge is 2.27. The van der Waals surface area contributed by atoms with Crippen molar-refractivity contribution >= 4 is 23.6 Å². The van der Waals surface area contributed by atoms with Gasteiger partial charge in [0.15, 0.2) is 0 Å². The monoisotopic (exact) mass is 363 g/mol. The minimum absolute atomic E-state index is 0.0102. The van der Waals surface area contributed by atoms with Crippen molar-refractivity contribution in [1.29, 1.82) is 0 Å². The van der Waals surface area contributed by atoms with Gasteiger partial charge in [0, 0.05) is 44.1 Å². The molecule has 0 aromatic heterocycles. The van der Waals surface area contributed by atoms with Crippen molar-refractivity contribution in [3.8, 4) is 0 Å². The van der Waals surface area contributed by atoms with E-state index in [1.165, 1.54) is 18.1 Å². The van der Waals surface area contributed by atoms with Crippen LogP contribution in [0.15, 0.2) is 24.3 Å². The fourth-order valence-corrected chi connectivity index (χ4v) is 3.97. The van der Waals surface area contributed by atoms with E-state index in [1.54, 1.807) is 4.90 Å². The molecule has 1 aromatic rings. The summed E-state index contributed by atoms with van der Waals surface area (Å²) in [6.45, 7) is 5.33. The van der Waals surface area contributed by atoms with Crippen molar-refractivity contribution in [2.45, 2.75) is 38.5 Å². The predicted octanol–water partition coefficient (Wildman–Crippen LogP) is 1.93. The van der Waals surface area contributed by atoms with Gasteiger partial charge in [-0.05, 0) is 30.9 Å². The van der Waals surface area contributed by atoms with Crippen molar-refractivity contribution in [2.24, 2.45) is 11.7 Å². The SMILES string of the molecule is CC(=O)N1C[C@@H](N)CC[C@@H](C(=O)NCCSCc2ccccc2C)C1. The Morgan fingerprint density at radius 2 is 2.04 bits per heavy atom. The summed E-state index contributed by atoms with van der Waals surface area (Å²) in [5.74, 6) is 1.71. The van der Waals surface area contributed by atoms with Crippen molar-refractivity contribution < 1.29 is 9.59 Å². The molecular formula is C19H29N3O2S. The van der Waals surface area contributed by atoms with Crippen LogP contribution in [0.1, 0.15) is 30.9 Å². The smallest absolute Gasteiger partial charge is 0.224 e. The van der Waals surface area contributed by atoms with Crippen LogP contribution < -0.4 is 11.1 Å². The molecule has 0 unspecified atom stereocenters. The van der Waals surface area contributed by atoms with Crippen molar-refractivity contribution in [3.05, 3.63) is 35.4 Å². The zero-order valence-electron chi connectivity index (χ0n) is 15.2. The van der Waals surface area contributed by atoms with E-state index in [0.717, 1.165) is 24.3 Å². The van der Waals surface area contributed by atoms with E-state index < -0.39 is 0 Å². The number of thioether (sulfide) groups is 1. The molecule has 5 nitrogen and oxygen atoms in total. The van der Waals surface area contributed by atoms with Gasteiger partial charge in [-0.2, -0.15) is 11.8 Å². The number of hydrogen-bond acceptors (Lipinski definition) is 4. The number of amides is 2. The molecule has 1 aliphatic rings. The van der Waals surface area contributed by atoms with Crippen molar-refractivity contribution in [1.82, 2.24) is 10.2 Å². The average molecular weight is 364 g/mol. The van der Waals surface area contributed by atoms with Crippen LogP contribution in [0.5, 0.6) is 0 Å². The number of nitrogens with zero attached hydrogens (tertiary/aromatic N) is 1. The Kier molecular flexibility index (Phi) is 7.78. The highest BCUT2D eigenvalue weighted by atomic mass is 32.2. The lowest BCUT2D eigenvalue weighted by atomic mass is 10.0. The highest BCUT2D eigenvalue weighted by molar-refractivity contribution is 7.98. The van der Waals surface area contributed by atoms with Crippen LogP contribution in [0.25, 0.3) is 0 Å². The standard InChI is InChI=1S/C19H29N3O2S/c1-14-5-3-4-6-17(14)13-25-10-9-21-19(24)16-7-8-18(20)12-22(11-16)15(2)23/h3-6,16,18H,7-13,20H2,1-2H3,(H,21,24)/t16-,18+/m1/s1. The number of nitrogens with two attached hydrogens (primary N) is 1. The zero-order chi connectivity index (χ0) is 18.2. The van der Waals surface area contributed by atoms with Gasteiger partial charge in [-0.15, -0.1) is 0 Å². The van der Waals surface area contributed by atoms with E-state index >= 15 is 0 Å².